The number of benzene rings is 1. The van der Waals surface area contributed by atoms with Gasteiger partial charge < -0.3 is 4.74 Å². The molecule has 0 aromatic heterocycles. The summed E-state index contributed by atoms with van der Waals surface area (Å²) in [7, 11) is 0. The standard InChI is InChI=1S/C10H6BrClF4O2/c11-5-2-7(18-8(3-13)10(15)16)4(9(12)17)1-6(5)14/h1-2,8,10H,3H2/t8-/m0/s1. The van der Waals surface area contributed by atoms with Crippen LogP contribution in [0.3, 0.4) is 0 Å². The Kier molecular flexibility index (Phi) is 5.40. The minimum atomic E-state index is -3.09. The molecule has 1 rings (SSSR count). The molecule has 0 heterocycles. The maximum absolute atomic E-state index is 13.2. The first-order valence-corrected chi connectivity index (χ1v) is 5.73. The fourth-order valence-electron chi connectivity index (χ4n) is 1.09. The molecule has 2 nitrogen and oxygen atoms in total. The summed E-state index contributed by atoms with van der Waals surface area (Å²) in [6, 6.07) is 1.66. The van der Waals surface area contributed by atoms with E-state index in [0.29, 0.717) is 0 Å². The van der Waals surface area contributed by atoms with E-state index >= 15 is 0 Å². The van der Waals surface area contributed by atoms with Crippen molar-refractivity contribution >= 4 is 32.8 Å². The second kappa shape index (κ2) is 6.38. The zero-order valence-electron chi connectivity index (χ0n) is 8.60. The first-order valence-electron chi connectivity index (χ1n) is 4.56. The van der Waals surface area contributed by atoms with Gasteiger partial charge in [-0.2, -0.15) is 0 Å². The zero-order valence-corrected chi connectivity index (χ0v) is 10.9. The van der Waals surface area contributed by atoms with Crippen molar-refractivity contribution in [2.45, 2.75) is 12.5 Å². The average molecular weight is 350 g/mol. The number of halogens is 6. The largest absolute Gasteiger partial charge is 0.481 e. The van der Waals surface area contributed by atoms with Gasteiger partial charge in [-0.25, -0.2) is 17.6 Å². The van der Waals surface area contributed by atoms with Crippen LogP contribution in [0.1, 0.15) is 10.4 Å². The molecule has 0 spiro atoms. The minimum absolute atomic E-state index is 0.119. The van der Waals surface area contributed by atoms with Crippen molar-refractivity contribution in [1.29, 1.82) is 0 Å². The molecule has 0 radical (unpaired) electrons. The highest BCUT2D eigenvalue weighted by Crippen LogP contribution is 2.29. The predicted octanol–water partition coefficient (Wildman–Crippen LogP) is 3.95. The molecule has 0 aliphatic rings. The van der Waals surface area contributed by atoms with E-state index in [4.69, 9.17) is 11.6 Å². The summed E-state index contributed by atoms with van der Waals surface area (Å²) in [4.78, 5) is 11.0. The van der Waals surface area contributed by atoms with Crippen LogP contribution in [-0.2, 0) is 0 Å². The number of carbonyl (C=O) groups is 1. The molecule has 0 amide bonds. The predicted molar refractivity (Wildman–Crippen MR) is 60.7 cm³/mol. The minimum Gasteiger partial charge on any atom is -0.481 e. The van der Waals surface area contributed by atoms with Crippen molar-refractivity contribution in [3.05, 3.63) is 28.0 Å². The molecule has 0 fully saturated rings. The molecule has 0 unspecified atom stereocenters. The lowest BCUT2D eigenvalue weighted by molar-refractivity contribution is -0.00156. The van der Waals surface area contributed by atoms with Gasteiger partial charge in [0.25, 0.3) is 11.7 Å². The van der Waals surface area contributed by atoms with Crippen LogP contribution in [0.25, 0.3) is 0 Å². The zero-order chi connectivity index (χ0) is 13.9. The van der Waals surface area contributed by atoms with Gasteiger partial charge in [0.1, 0.15) is 18.2 Å². The molecule has 8 heteroatoms. The molecule has 0 bridgehead atoms. The number of hydrogen-bond acceptors (Lipinski definition) is 2. The van der Waals surface area contributed by atoms with Gasteiger partial charge in [-0.15, -0.1) is 0 Å². The van der Waals surface area contributed by atoms with Gasteiger partial charge in [0.15, 0.2) is 6.10 Å². The van der Waals surface area contributed by atoms with Crippen molar-refractivity contribution in [2.75, 3.05) is 6.67 Å². The molecule has 0 N–H and O–H groups in total. The maximum atomic E-state index is 13.2. The third kappa shape index (κ3) is 3.58. The Morgan fingerprint density at radius 1 is 1.44 bits per heavy atom. The maximum Gasteiger partial charge on any atom is 0.277 e. The number of hydrogen-bond donors (Lipinski definition) is 0. The lowest BCUT2D eigenvalue weighted by Gasteiger charge is -2.17. The molecule has 1 atom stereocenters. The van der Waals surface area contributed by atoms with E-state index in [-0.39, 0.29) is 4.47 Å². The van der Waals surface area contributed by atoms with E-state index < -0.39 is 41.6 Å². The Hall–Kier alpha value is -0.820. The Morgan fingerprint density at radius 2 is 2.06 bits per heavy atom. The smallest absolute Gasteiger partial charge is 0.277 e. The number of carbonyl (C=O) groups excluding carboxylic acids is 1. The van der Waals surface area contributed by atoms with Crippen molar-refractivity contribution in [3.63, 3.8) is 0 Å². The van der Waals surface area contributed by atoms with Gasteiger partial charge in [-0.3, -0.25) is 4.79 Å². The summed E-state index contributed by atoms with van der Waals surface area (Å²) in [6.45, 7) is -1.46. The second-order valence-electron chi connectivity index (χ2n) is 3.18. The van der Waals surface area contributed by atoms with E-state index in [1.165, 1.54) is 0 Å². The molecule has 0 saturated heterocycles. The van der Waals surface area contributed by atoms with Crippen LogP contribution in [0, 0.1) is 5.82 Å². The Bertz CT molecular complexity index is 456. The van der Waals surface area contributed by atoms with Crippen LogP contribution in [-0.4, -0.2) is 24.4 Å². The molecule has 0 aliphatic heterocycles. The van der Waals surface area contributed by atoms with Crippen LogP contribution in [0.2, 0.25) is 0 Å². The molecule has 100 valence electrons. The third-order valence-electron chi connectivity index (χ3n) is 1.95. The van der Waals surface area contributed by atoms with Gasteiger partial charge in [0, 0.05) is 0 Å². The Balaban J connectivity index is 3.14. The topological polar surface area (TPSA) is 26.3 Å². The molecule has 0 saturated carbocycles. The van der Waals surface area contributed by atoms with Gasteiger partial charge in [0.05, 0.1) is 10.0 Å². The van der Waals surface area contributed by atoms with E-state index in [2.05, 4.69) is 20.7 Å². The van der Waals surface area contributed by atoms with E-state index in [0.717, 1.165) is 12.1 Å². The summed E-state index contributed by atoms with van der Waals surface area (Å²) in [5.74, 6) is -1.23. The monoisotopic (exact) mass is 348 g/mol. The molecule has 1 aromatic carbocycles. The normalized spacial score (nSPS) is 12.6. The Labute approximate surface area is 113 Å². The highest BCUT2D eigenvalue weighted by atomic mass is 79.9. The molecule has 1 aromatic rings. The average Bonchev–Trinajstić information content (AvgIpc) is 2.29. The van der Waals surface area contributed by atoms with Gasteiger partial charge in [-0.05, 0) is 39.7 Å². The molecular weight excluding hydrogens is 343 g/mol. The summed E-state index contributed by atoms with van der Waals surface area (Å²) in [5, 5.41) is -1.09. The second-order valence-corrected chi connectivity index (χ2v) is 4.38. The third-order valence-corrected chi connectivity index (χ3v) is 2.76. The van der Waals surface area contributed by atoms with Crippen LogP contribution in [0.15, 0.2) is 16.6 Å². The summed E-state index contributed by atoms with van der Waals surface area (Å²) >= 11 is 7.94. The van der Waals surface area contributed by atoms with Gasteiger partial charge in [0.2, 0.25) is 0 Å². The number of ether oxygens (including phenoxy) is 1. The van der Waals surface area contributed by atoms with Gasteiger partial charge in [-0.1, -0.05) is 0 Å². The Morgan fingerprint density at radius 3 is 2.50 bits per heavy atom. The lowest BCUT2D eigenvalue weighted by Crippen LogP contribution is -2.28. The SMILES string of the molecule is O=C(Cl)c1cc(F)c(Br)cc1O[C@@H](CF)C(F)F. The van der Waals surface area contributed by atoms with Crippen molar-refractivity contribution in [3.8, 4) is 5.75 Å². The highest BCUT2D eigenvalue weighted by Gasteiger charge is 2.25. The first kappa shape index (κ1) is 15.2. The van der Waals surface area contributed by atoms with Crippen LogP contribution in [0.5, 0.6) is 5.75 Å². The van der Waals surface area contributed by atoms with Crippen LogP contribution < -0.4 is 4.74 Å². The van der Waals surface area contributed by atoms with Crippen LogP contribution in [0.4, 0.5) is 17.6 Å². The summed E-state index contributed by atoms with van der Waals surface area (Å²) < 4.78 is 54.6. The van der Waals surface area contributed by atoms with Crippen LogP contribution >= 0.6 is 27.5 Å². The fraction of sp³-hybridized carbons (Fsp3) is 0.300. The summed E-state index contributed by atoms with van der Waals surface area (Å²) in [6.07, 6.45) is -5.13. The van der Waals surface area contributed by atoms with Crippen molar-refractivity contribution in [2.24, 2.45) is 0 Å². The van der Waals surface area contributed by atoms with Crippen molar-refractivity contribution in [1.82, 2.24) is 0 Å². The lowest BCUT2D eigenvalue weighted by atomic mass is 10.2. The quantitative estimate of drug-likeness (QED) is 0.594. The van der Waals surface area contributed by atoms with E-state index in [9.17, 15) is 22.4 Å². The molecule has 0 aliphatic carbocycles. The van der Waals surface area contributed by atoms with E-state index in [1.54, 1.807) is 0 Å². The molecular formula is C10H6BrClF4O2. The van der Waals surface area contributed by atoms with Crippen molar-refractivity contribution < 1.29 is 27.1 Å². The van der Waals surface area contributed by atoms with Gasteiger partial charge >= 0.3 is 0 Å². The highest BCUT2D eigenvalue weighted by molar-refractivity contribution is 9.10. The van der Waals surface area contributed by atoms with E-state index in [1.807, 2.05) is 0 Å². The molecule has 18 heavy (non-hydrogen) atoms. The number of alkyl halides is 3. The first-order chi connectivity index (χ1) is 8.36. The fourth-order valence-corrected chi connectivity index (χ4v) is 1.56. The summed E-state index contributed by atoms with van der Waals surface area (Å²) in [5.41, 5.74) is -0.448. The number of rotatable bonds is 5.